The fourth-order valence-electron chi connectivity index (χ4n) is 3.88. The van der Waals surface area contributed by atoms with Gasteiger partial charge in [-0.25, -0.2) is 22.9 Å². The second-order valence-electron chi connectivity index (χ2n) is 8.33. The quantitative estimate of drug-likeness (QED) is 0.498. The zero-order valence-corrected chi connectivity index (χ0v) is 20.3. The summed E-state index contributed by atoms with van der Waals surface area (Å²) in [6, 6.07) is 8.70. The SMILES string of the molecule is COC(=O)Oc1ccc(C(=O)NS(=O)(=O)c2cccc(CCNC(=O)CC3CCCCC3)c2)cn1. The minimum Gasteiger partial charge on any atom is -0.437 e. The number of nitrogens with one attached hydrogen (secondary N) is 2. The summed E-state index contributed by atoms with van der Waals surface area (Å²) in [5.74, 6) is -0.519. The number of nitrogens with zero attached hydrogens (tertiary/aromatic N) is 1. The highest BCUT2D eigenvalue weighted by molar-refractivity contribution is 7.90. The normalized spacial score (nSPS) is 14.1. The number of carbonyl (C=O) groups is 3. The van der Waals surface area contributed by atoms with E-state index in [9.17, 15) is 22.8 Å². The van der Waals surface area contributed by atoms with E-state index in [2.05, 4.69) is 15.0 Å². The number of amides is 2. The molecule has 1 aromatic carbocycles. The number of hydrogen-bond donors (Lipinski definition) is 2. The van der Waals surface area contributed by atoms with Gasteiger partial charge in [-0.2, -0.15) is 0 Å². The van der Waals surface area contributed by atoms with E-state index in [0.29, 0.717) is 30.9 Å². The first-order valence-corrected chi connectivity index (χ1v) is 12.9. The third kappa shape index (κ3) is 8.06. The van der Waals surface area contributed by atoms with Crippen molar-refractivity contribution in [2.75, 3.05) is 13.7 Å². The Balaban J connectivity index is 1.53. The molecule has 0 aliphatic heterocycles. The lowest BCUT2D eigenvalue weighted by atomic mass is 9.87. The third-order valence-corrected chi connectivity index (χ3v) is 7.05. The molecule has 188 valence electrons. The Bertz CT molecular complexity index is 1140. The topological polar surface area (TPSA) is 141 Å². The molecule has 0 bridgehead atoms. The lowest BCUT2D eigenvalue weighted by Crippen LogP contribution is -2.31. The maximum atomic E-state index is 12.7. The van der Waals surface area contributed by atoms with E-state index in [0.717, 1.165) is 26.1 Å². The molecule has 1 fully saturated rings. The van der Waals surface area contributed by atoms with Crippen LogP contribution in [0.5, 0.6) is 5.88 Å². The second kappa shape index (κ2) is 12.3. The predicted molar refractivity (Wildman–Crippen MR) is 126 cm³/mol. The summed E-state index contributed by atoms with van der Waals surface area (Å²) in [4.78, 5) is 39.4. The number of ether oxygens (including phenoxy) is 2. The van der Waals surface area contributed by atoms with Gasteiger partial charge in [0.2, 0.25) is 11.8 Å². The Kier molecular flexibility index (Phi) is 9.18. The number of benzene rings is 1. The predicted octanol–water partition coefficient (Wildman–Crippen LogP) is 2.97. The van der Waals surface area contributed by atoms with Crippen molar-refractivity contribution in [3.05, 3.63) is 53.7 Å². The first kappa shape index (κ1) is 26.1. The molecule has 1 saturated carbocycles. The van der Waals surface area contributed by atoms with Crippen LogP contribution < -0.4 is 14.8 Å². The summed E-state index contributed by atoms with van der Waals surface area (Å²) in [5, 5.41) is 2.91. The minimum absolute atomic E-state index is 0.0181. The average molecular weight is 504 g/mol. The molecule has 0 atom stereocenters. The summed E-state index contributed by atoms with van der Waals surface area (Å²) in [5.41, 5.74) is 0.673. The van der Waals surface area contributed by atoms with Gasteiger partial charge in [0, 0.05) is 25.2 Å². The fraction of sp³-hybridized carbons (Fsp3) is 0.417. The molecule has 0 spiro atoms. The van der Waals surface area contributed by atoms with E-state index in [1.807, 2.05) is 4.72 Å². The summed E-state index contributed by atoms with van der Waals surface area (Å²) in [7, 11) is -3.01. The molecular formula is C24H29N3O7S. The van der Waals surface area contributed by atoms with Gasteiger partial charge in [0.15, 0.2) is 0 Å². The maximum absolute atomic E-state index is 12.7. The van der Waals surface area contributed by atoms with E-state index in [1.54, 1.807) is 12.1 Å². The molecule has 35 heavy (non-hydrogen) atoms. The molecule has 1 aliphatic rings. The number of sulfonamides is 1. The third-order valence-electron chi connectivity index (χ3n) is 5.72. The van der Waals surface area contributed by atoms with Crippen molar-refractivity contribution >= 4 is 28.0 Å². The molecule has 1 aromatic heterocycles. The number of aromatic nitrogens is 1. The Labute approximate surface area is 204 Å². The van der Waals surface area contributed by atoms with Gasteiger partial charge in [0.05, 0.1) is 17.6 Å². The largest absolute Gasteiger partial charge is 0.514 e. The van der Waals surface area contributed by atoms with Crippen LogP contribution in [0, 0.1) is 5.92 Å². The van der Waals surface area contributed by atoms with Crippen LogP contribution in [0.25, 0.3) is 0 Å². The minimum atomic E-state index is -4.14. The zero-order valence-electron chi connectivity index (χ0n) is 19.5. The molecule has 2 amide bonds. The Morgan fingerprint density at radius 1 is 1.09 bits per heavy atom. The van der Waals surface area contributed by atoms with E-state index < -0.39 is 22.1 Å². The number of pyridine rings is 1. The summed E-state index contributed by atoms with van der Waals surface area (Å²) < 4.78 is 36.5. The van der Waals surface area contributed by atoms with Gasteiger partial charge in [-0.1, -0.05) is 31.4 Å². The second-order valence-corrected chi connectivity index (χ2v) is 10.0. The molecule has 2 N–H and O–H groups in total. The summed E-state index contributed by atoms with van der Waals surface area (Å²) in [6.45, 7) is 0.396. The highest BCUT2D eigenvalue weighted by Crippen LogP contribution is 2.26. The van der Waals surface area contributed by atoms with Crippen LogP contribution in [0.3, 0.4) is 0 Å². The van der Waals surface area contributed by atoms with E-state index in [-0.39, 0.29) is 22.2 Å². The van der Waals surface area contributed by atoms with E-state index in [4.69, 9.17) is 4.74 Å². The van der Waals surface area contributed by atoms with Crippen LogP contribution in [-0.4, -0.2) is 45.0 Å². The Morgan fingerprint density at radius 2 is 1.86 bits per heavy atom. The fourth-order valence-corrected chi connectivity index (χ4v) is 4.93. The Morgan fingerprint density at radius 3 is 2.54 bits per heavy atom. The van der Waals surface area contributed by atoms with E-state index in [1.165, 1.54) is 43.5 Å². The van der Waals surface area contributed by atoms with Crippen LogP contribution in [0.2, 0.25) is 0 Å². The number of carbonyl (C=O) groups excluding carboxylic acids is 3. The van der Waals surface area contributed by atoms with Crippen LogP contribution in [0.4, 0.5) is 4.79 Å². The smallest absolute Gasteiger partial charge is 0.437 e. The van der Waals surface area contributed by atoms with Crippen molar-refractivity contribution < 1.29 is 32.3 Å². The number of methoxy groups -OCH3 is 1. The number of hydrogen-bond acceptors (Lipinski definition) is 8. The van der Waals surface area contributed by atoms with Crippen molar-refractivity contribution in [2.45, 2.75) is 49.8 Å². The van der Waals surface area contributed by atoms with Gasteiger partial charge in [0.1, 0.15) is 0 Å². The van der Waals surface area contributed by atoms with Gasteiger partial charge in [0.25, 0.3) is 15.9 Å². The van der Waals surface area contributed by atoms with Crippen molar-refractivity contribution in [3.63, 3.8) is 0 Å². The van der Waals surface area contributed by atoms with Gasteiger partial charge >= 0.3 is 6.16 Å². The molecule has 1 aliphatic carbocycles. The molecule has 0 saturated heterocycles. The van der Waals surface area contributed by atoms with E-state index >= 15 is 0 Å². The maximum Gasteiger partial charge on any atom is 0.514 e. The zero-order chi connectivity index (χ0) is 25.3. The Hall–Kier alpha value is -3.47. The first-order chi connectivity index (χ1) is 16.8. The molecule has 2 aromatic rings. The lowest BCUT2D eigenvalue weighted by molar-refractivity contribution is -0.122. The molecule has 0 radical (unpaired) electrons. The molecule has 1 heterocycles. The highest BCUT2D eigenvalue weighted by Gasteiger charge is 2.20. The average Bonchev–Trinajstić information content (AvgIpc) is 2.85. The van der Waals surface area contributed by atoms with Gasteiger partial charge in [-0.3, -0.25) is 9.59 Å². The van der Waals surface area contributed by atoms with Crippen molar-refractivity contribution in [1.29, 1.82) is 0 Å². The van der Waals surface area contributed by atoms with Gasteiger partial charge in [-0.15, -0.1) is 0 Å². The van der Waals surface area contributed by atoms with Gasteiger partial charge < -0.3 is 14.8 Å². The summed E-state index contributed by atoms with van der Waals surface area (Å²) >= 11 is 0. The molecule has 3 rings (SSSR count). The number of rotatable bonds is 9. The molecule has 10 nitrogen and oxygen atoms in total. The lowest BCUT2D eigenvalue weighted by Gasteiger charge is -2.20. The van der Waals surface area contributed by atoms with Crippen LogP contribution in [0.15, 0.2) is 47.5 Å². The van der Waals surface area contributed by atoms with Gasteiger partial charge in [-0.05, 0) is 48.9 Å². The summed E-state index contributed by atoms with van der Waals surface area (Å²) in [6.07, 6.45) is 6.90. The van der Waals surface area contributed by atoms with Crippen LogP contribution in [0.1, 0.15) is 54.4 Å². The van der Waals surface area contributed by atoms with Crippen LogP contribution >= 0.6 is 0 Å². The van der Waals surface area contributed by atoms with Crippen molar-refractivity contribution in [1.82, 2.24) is 15.0 Å². The molecule has 11 heteroatoms. The molecule has 0 unspecified atom stereocenters. The highest BCUT2D eigenvalue weighted by atomic mass is 32.2. The first-order valence-electron chi connectivity index (χ1n) is 11.4. The van der Waals surface area contributed by atoms with Crippen molar-refractivity contribution in [2.24, 2.45) is 5.92 Å². The standard InChI is InChI=1S/C24H29N3O7S/c1-33-24(30)34-22-11-10-19(16-26-22)23(29)27-35(31,32)20-9-5-8-18(14-20)12-13-25-21(28)15-17-6-3-2-4-7-17/h5,8-11,14,16-17H,2-4,6-7,12-13,15H2,1H3,(H,25,28)(H,27,29). The van der Waals surface area contributed by atoms with Crippen LogP contribution in [-0.2, 0) is 26.0 Å². The van der Waals surface area contributed by atoms with Crippen molar-refractivity contribution in [3.8, 4) is 5.88 Å². The monoisotopic (exact) mass is 503 g/mol. The molecular weight excluding hydrogens is 474 g/mol.